The van der Waals surface area contributed by atoms with Gasteiger partial charge < -0.3 is 10.2 Å². The third-order valence-electron chi connectivity index (χ3n) is 4.06. The zero-order chi connectivity index (χ0) is 17.3. The molecular weight excluding hydrogens is 350 g/mol. The van der Waals surface area contributed by atoms with Gasteiger partial charge in [0, 0.05) is 23.8 Å². The van der Waals surface area contributed by atoms with Crippen molar-refractivity contribution in [1.29, 1.82) is 0 Å². The Kier molecular flexibility index (Phi) is 4.60. The van der Waals surface area contributed by atoms with Gasteiger partial charge in [0.15, 0.2) is 15.7 Å². The average Bonchev–Trinajstić information content (AvgIpc) is 2.90. The van der Waals surface area contributed by atoms with Gasteiger partial charge in [0.25, 0.3) is 0 Å². The number of halogens is 1. The molecule has 1 fully saturated rings. The van der Waals surface area contributed by atoms with E-state index in [1.165, 1.54) is 6.20 Å². The highest BCUT2D eigenvalue weighted by Gasteiger charge is 2.31. The van der Waals surface area contributed by atoms with Crippen LogP contribution in [0.25, 0.3) is 0 Å². The van der Waals surface area contributed by atoms with Gasteiger partial charge in [0.2, 0.25) is 5.95 Å². The number of sulfone groups is 1. The number of rotatable bonds is 4. The maximum atomic E-state index is 11.6. The highest BCUT2D eigenvalue weighted by Crippen LogP contribution is 2.24. The summed E-state index contributed by atoms with van der Waals surface area (Å²) in [6, 6.07) is 5.50. The summed E-state index contributed by atoms with van der Waals surface area (Å²) in [7, 11) is -1.18. The summed E-state index contributed by atoms with van der Waals surface area (Å²) in [5, 5.41) is 11.8. The lowest BCUT2D eigenvalue weighted by molar-refractivity contribution is 0.600. The molecular formula is C15H18ClN5O2S. The number of hydrogen-bond acceptors (Lipinski definition) is 7. The van der Waals surface area contributed by atoms with Crippen molar-refractivity contribution in [3.05, 3.63) is 35.0 Å². The molecule has 1 aromatic heterocycles. The first-order chi connectivity index (χ1) is 11.3. The van der Waals surface area contributed by atoms with E-state index in [0.717, 1.165) is 11.3 Å². The fraction of sp³-hybridized carbons (Fsp3) is 0.400. The van der Waals surface area contributed by atoms with Crippen LogP contribution < -0.4 is 10.2 Å². The number of anilines is 3. The number of aromatic nitrogens is 3. The Labute approximate surface area is 146 Å². The van der Waals surface area contributed by atoms with E-state index in [2.05, 4.69) is 20.5 Å². The fourth-order valence-corrected chi connectivity index (χ4v) is 4.52. The molecule has 0 amide bonds. The Morgan fingerprint density at radius 3 is 2.83 bits per heavy atom. The molecule has 1 N–H and O–H groups in total. The van der Waals surface area contributed by atoms with E-state index in [0.29, 0.717) is 23.2 Å². The van der Waals surface area contributed by atoms with Crippen molar-refractivity contribution in [2.24, 2.45) is 0 Å². The zero-order valence-corrected chi connectivity index (χ0v) is 15.0. The molecule has 2 heterocycles. The minimum atomic E-state index is -2.96. The van der Waals surface area contributed by atoms with E-state index in [1.807, 2.05) is 25.1 Å². The van der Waals surface area contributed by atoms with E-state index in [9.17, 15) is 8.42 Å². The summed E-state index contributed by atoms with van der Waals surface area (Å²) in [6.45, 7) is 1.93. The van der Waals surface area contributed by atoms with E-state index in [-0.39, 0.29) is 17.5 Å². The van der Waals surface area contributed by atoms with Gasteiger partial charge in [-0.2, -0.15) is 10.1 Å². The summed E-state index contributed by atoms with van der Waals surface area (Å²) < 4.78 is 23.3. The smallest absolute Gasteiger partial charge is 0.247 e. The Bertz CT molecular complexity index is 859. The largest absolute Gasteiger partial charge is 0.339 e. The summed E-state index contributed by atoms with van der Waals surface area (Å²) in [5.74, 6) is 1.24. The van der Waals surface area contributed by atoms with Crippen LogP contribution in [0, 0.1) is 6.92 Å². The molecule has 24 heavy (non-hydrogen) atoms. The first kappa shape index (κ1) is 16.9. The summed E-state index contributed by atoms with van der Waals surface area (Å²) >= 11 is 6.12. The van der Waals surface area contributed by atoms with Crippen LogP contribution in [0.15, 0.2) is 24.4 Å². The lowest BCUT2D eigenvalue weighted by Gasteiger charge is -2.22. The first-order valence-corrected chi connectivity index (χ1v) is 9.70. The van der Waals surface area contributed by atoms with Crippen LogP contribution in [0.5, 0.6) is 0 Å². The Morgan fingerprint density at radius 2 is 2.17 bits per heavy atom. The minimum absolute atomic E-state index is 0.123. The molecule has 0 radical (unpaired) electrons. The van der Waals surface area contributed by atoms with Gasteiger partial charge in [0.05, 0.1) is 17.7 Å². The molecule has 1 aromatic carbocycles. The van der Waals surface area contributed by atoms with Gasteiger partial charge in [-0.05, 0) is 31.0 Å². The van der Waals surface area contributed by atoms with E-state index in [4.69, 9.17) is 11.6 Å². The number of hydrogen-bond donors (Lipinski definition) is 1. The van der Waals surface area contributed by atoms with Gasteiger partial charge in [-0.1, -0.05) is 17.7 Å². The van der Waals surface area contributed by atoms with Crippen molar-refractivity contribution in [2.45, 2.75) is 19.4 Å². The maximum Gasteiger partial charge on any atom is 0.247 e. The Balaban J connectivity index is 1.77. The molecule has 0 spiro atoms. The average molecular weight is 368 g/mol. The van der Waals surface area contributed by atoms with Crippen molar-refractivity contribution in [2.75, 3.05) is 28.8 Å². The van der Waals surface area contributed by atoms with Crippen molar-refractivity contribution < 1.29 is 8.42 Å². The molecule has 0 aliphatic carbocycles. The predicted molar refractivity (Wildman–Crippen MR) is 94.8 cm³/mol. The normalized spacial score (nSPS) is 19.2. The van der Waals surface area contributed by atoms with Crippen LogP contribution in [0.2, 0.25) is 5.02 Å². The molecule has 0 saturated carbocycles. The molecule has 7 nitrogen and oxygen atoms in total. The molecule has 1 atom stereocenters. The number of nitrogens with one attached hydrogen (secondary N) is 1. The van der Waals surface area contributed by atoms with Crippen LogP contribution in [0.1, 0.15) is 12.0 Å². The van der Waals surface area contributed by atoms with Gasteiger partial charge in [-0.15, -0.1) is 5.10 Å². The van der Waals surface area contributed by atoms with E-state index in [1.54, 1.807) is 11.9 Å². The quantitative estimate of drug-likeness (QED) is 0.886. The van der Waals surface area contributed by atoms with Crippen LogP contribution in [0.3, 0.4) is 0 Å². The Morgan fingerprint density at radius 1 is 1.38 bits per heavy atom. The molecule has 1 unspecified atom stereocenters. The van der Waals surface area contributed by atoms with E-state index >= 15 is 0 Å². The van der Waals surface area contributed by atoms with Crippen molar-refractivity contribution in [3.63, 3.8) is 0 Å². The molecule has 1 aliphatic heterocycles. The third kappa shape index (κ3) is 3.76. The molecule has 1 aliphatic rings. The minimum Gasteiger partial charge on any atom is -0.339 e. The van der Waals surface area contributed by atoms with Crippen LogP contribution in [-0.2, 0) is 9.84 Å². The predicted octanol–water partition coefficient (Wildman–Crippen LogP) is 2.20. The second-order valence-electron chi connectivity index (χ2n) is 5.90. The second kappa shape index (κ2) is 6.52. The third-order valence-corrected chi connectivity index (χ3v) is 6.22. The van der Waals surface area contributed by atoms with Gasteiger partial charge in [-0.3, -0.25) is 0 Å². The highest BCUT2D eigenvalue weighted by atomic mass is 35.5. The Hall–Kier alpha value is -1.93. The van der Waals surface area contributed by atoms with Crippen LogP contribution in [0.4, 0.5) is 17.5 Å². The van der Waals surface area contributed by atoms with Crippen molar-refractivity contribution in [1.82, 2.24) is 15.2 Å². The standard InChI is InChI=1S/C15H18ClN5O2S/c1-10-3-4-11(7-13(10)16)18-14-8-17-20-15(19-14)21(2)12-5-6-24(22,23)9-12/h3-4,7-8,12H,5-6,9H2,1-2H3,(H,18,19,20). The molecule has 3 rings (SSSR count). The molecule has 0 bridgehead atoms. The summed E-state index contributed by atoms with van der Waals surface area (Å²) in [5.41, 5.74) is 1.79. The molecule has 2 aromatic rings. The van der Waals surface area contributed by atoms with E-state index < -0.39 is 9.84 Å². The van der Waals surface area contributed by atoms with Crippen LogP contribution in [-0.4, -0.2) is 48.2 Å². The van der Waals surface area contributed by atoms with Crippen molar-refractivity contribution in [3.8, 4) is 0 Å². The highest BCUT2D eigenvalue weighted by molar-refractivity contribution is 7.91. The number of benzene rings is 1. The monoisotopic (exact) mass is 367 g/mol. The zero-order valence-electron chi connectivity index (χ0n) is 13.4. The van der Waals surface area contributed by atoms with Gasteiger partial charge in [-0.25, -0.2) is 8.42 Å². The summed E-state index contributed by atoms with van der Waals surface area (Å²) in [6.07, 6.45) is 2.09. The first-order valence-electron chi connectivity index (χ1n) is 7.50. The van der Waals surface area contributed by atoms with Gasteiger partial charge >= 0.3 is 0 Å². The summed E-state index contributed by atoms with van der Waals surface area (Å²) in [4.78, 5) is 6.18. The SMILES string of the molecule is Cc1ccc(Nc2cnnc(N(C)C3CCS(=O)(=O)C3)n2)cc1Cl. The number of aryl methyl sites for hydroxylation is 1. The fourth-order valence-electron chi connectivity index (χ4n) is 2.57. The van der Waals surface area contributed by atoms with Crippen molar-refractivity contribution >= 4 is 38.9 Å². The molecule has 1 saturated heterocycles. The number of nitrogens with zero attached hydrogens (tertiary/aromatic N) is 4. The maximum absolute atomic E-state index is 11.6. The topological polar surface area (TPSA) is 88.1 Å². The van der Waals surface area contributed by atoms with Crippen LogP contribution >= 0.6 is 11.6 Å². The lowest BCUT2D eigenvalue weighted by Crippen LogP contribution is -2.34. The molecule has 128 valence electrons. The molecule has 9 heteroatoms. The van der Waals surface area contributed by atoms with Gasteiger partial charge in [0.1, 0.15) is 0 Å². The second-order valence-corrected chi connectivity index (χ2v) is 8.53. The lowest BCUT2D eigenvalue weighted by atomic mass is 10.2.